The summed E-state index contributed by atoms with van der Waals surface area (Å²) in [5.74, 6) is 0. The molecule has 3 heteroatoms. The fourth-order valence-electron chi connectivity index (χ4n) is 0.706. The molecule has 56 valence electrons. The lowest BCUT2D eigenvalue weighted by Gasteiger charge is -1.99. The second kappa shape index (κ2) is 3.17. The van der Waals surface area contributed by atoms with Crippen molar-refractivity contribution in [3.8, 4) is 0 Å². The second-order valence-electron chi connectivity index (χ2n) is 2.13. The van der Waals surface area contributed by atoms with Crippen LogP contribution >= 0.6 is 0 Å². The lowest BCUT2D eigenvalue weighted by atomic mass is 10.2. The zero-order valence-electron chi connectivity index (χ0n) is 6.39. The van der Waals surface area contributed by atoms with E-state index in [-0.39, 0.29) is 6.15 Å². The molecule has 1 aromatic rings. The van der Waals surface area contributed by atoms with Crippen molar-refractivity contribution in [1.82, 2.24) is 11.1 Å². The number of pyridine rings is 1. The summed E-state index contributed by atoms with van der Waals surface area (Å²) in [6, 6.07) is 1.91. The molecule has 10 heavy (non-hydrogen) atoms. The molecule has 0 amide bonds. The second-order valence-corrected chi connectivity index (χ2v) is 2.13. The van der Waals surface area contributed by atoms with Gasteiger partial charge in [-0.2, -0.15) is 0 Å². The maximum absolute atomic E-state index is 5.62. The summed E-state index contributed by atoms with van der Waals surface area (Å²) in [7, 11) is 0. The van der Waals surface area contributed by atoms with Gasteiger partial charge in [0, 0.05) is 6.20 Å². The van der Waals surface area contributed by atoms with Crippen molar-refractivity contribution in [2.24, 2.45) is 0 Å². The summed E-state index contributed by atoms with van der Waals surface area (Å²) < 4.78 is 0. The number of aromatic nitrogens is 1. The molecule has 0 aliphatic rings. The molecule has 3 nitrogen and oxygen atoms in total. The average Bonchev–Trinajstić information content (AvgIpc) is 1.83. The number of nitrogen functional groups attached to an aromatic ring is 1. The smallest absolute Gasteiger partial charge is 0.0604 e. The minimum atomic E-state index is 0. The lowest BCUT2D eigenvalue weighted by Crippen LogP contribution is -1.94. The zero-order valence-corrected chi connectivity index (χ0v) is 6.39. The minimum Gasteiger partial charge on any atom is -0.397 e. The highest BCUT2D eigenvalue weighted by Gasteiger charge is 1.94. The van der Waals surface area contributed by atoms with Crippen LogP contribution in [0.1, 0.15) is 11.3 Å². The Balaban J connectivity index is 0.000000810. The summed E-state index contributed by atoms with van der Waals surface area (Å²) in [6.07, 6.45) is 1.76. The van der Waals surface area contributed by atoms with Crippen LogP contribution in [0.3, 0.4) is 0 Å². The van der Waals surface area contributed by atoms with Crippen molar-refractivity contribution >= 4 is 5.69 Å². The topological polar surface area (TPSA) is 73.9 Å². The number of hydrogen-bond donors (Lipinski definition) is 2. The Labute approximate surface area is 60.9 Å². The van der Waals surface area contributed by atoms with E-state index in [1.165, 1.54) is 0 Å². The van der Waals surface area contributed by atoms with Gasteiger partial charge in [0.05, 0.1) is 11.4 Å². The molecular weight excluding hydrogens is 126 g/mol. The fourth-order valence-corrected chi connectivity index (χ4v) is 0.706. The van der Waals surface area contributed by atoms with Crippen molar-refractivity contribution in [3.05, 3.63) is 23.5 Å². The summed E-state index contributed by atoms with van der Waals surface area (Å²) in [6.45, 7) is 3.88. The van der Waals surface area contributed by atoms with Crippen LogP contribution in [0.5, 0.6) is 0 Å². The Morgan fingerprint density at radius 1 is 1.40 bits per heavy atom. The van der Waals surface area contributed by atoms with E-state index >= 15 is 0 Å². The largest absolute Gasteiger partial charge is 0.397 e. The molecule has 0 spiro atoms. The summed E-state index contributed by atoms with van der Waals surface area (Å²) in [5, 5.41) is 0. The van der Waals surface area contributed by atoms with Gasteiger partial charge in [0.2, 0.25) is 0 Å². The van der Waals surface area contributed by atoms with Crippen LogP contribution in [-0.4, -0.2) is 4.98 Å². The highest BCUT2D eigenvalue weighted by atomic mass is 14.7. The van der Waals surface area contributed by atoms with Crippen LogP contribution in [-0.2, 0) is 0 Å². The molecule has 0 aliphatic heterocycles. The Hall–Kier alpha value is -1.09. The van der Waals surface area contributed by atoms with Gasteiger partial charge in [-0.1, -0.05) is 0 Å². The highest BCUT2D eigenvalue weighted by Crippen LogP contribution is 2.10. The van der Waals surface area contributed by atoms with Gasteiger partial charge in [-0.15, -0.1) is 0 Å². The summed E-state index contributed by atoms with van der Waals surface area (Å²) in [4.78, 5) is 4.01. The van der Waals surface area contributed by atoms with Gasteiger partial charge >= 0.3 is 0 Å². The summed E-state index contributed by atoms with van der Waals surface area (Å²) >= 11 is 0. The Bertz CT molecular complexity index is 200. The van der Waals surface area contributed by atoms with Crippen molar-refractivity contribution in [2.45, 2.75) is 13.8 Å². The summed E-state index contributed by atoms with van der Waals surface area (Å²) in [5.41, 5.74) is 8.43. The maximum Gasteiger partial charge on any atom is 0.0604 e. The number of aryl methyl sites for hydroxylation is 2. The normalized spacial score (nSPS) is 8.60. The molecule has 0 saturated carbocycles. The predicted molar refractivity (Wildman–Crippen MR) is 43.1 cm³/mol. The van der Waals surface area contributed by atoms with E-state index in [0.29, 0.717) is 0 Å². The number of nitrogens with two attached hydrogens (primary N) is 1. The zero-order chi connectivity index (χ0) is 6.85. The number of rotatable bonds is 0. The molecule has 0 radical (unpaired) electrons. The fraction of sp³-hybridized carbons (Fsp3) is 0.286. The molecule has 0 saturated heterocycles. The molecule has 5 N–H and O–H groups in total. The van der Waals surface area contributed by atoms with Crippen molar-refractivity contribution in [1.29, 1.82) is 0 Å². The minimum absolute atomic E-state index is 0. The molecule has 1 aromatic heterocycles. The first-order valence-electron chi connectivity index (χ1n) is 2.89. The van der Waals surface area contributed by atoms with E-state index in [0.717, 1.165) is 16.9 Å². The van der Waals surface area contributed by atoms with Gasteiger partial charge in [-0.25, -0.2) is 0 Å². The monoisotopic (exact) mass is 139 g/mol. The quantitative estimate of drug-likeness (QED) is 0.571. The first-order valence-corrected chi connectivity index (χ1v) is 2.89. The molecule has 1 rings (SSSR count). The number of nitrogens with zero attached hydrogens (tertiary/aromatic N) is 1. The predicted octanol–water partition coefficient (Wildman–Crippen LogP) is 1.44. The standard InChI is InChI=1S/C7H10N2.H3N/c1-5-3-4-9-6(2)7(5)8;/h3-4H,8H2,1-2H3;1H3. The molecule has 0 unspecified atom stereocenters. The van der Waals surface area contributed by atoms with E-state index in [2.05, 4.69) is 4.98 Å². The Kier molecular flexibility index (Phi) is 2.83. The molecule has 1 heterocycles. The van der Waals surface area contributed by atoms with Crippen LogP contribution in [0, 0.1) is 13.8 Å². The average molecular weight is 139 g/mol. The van der Waals surface area contributed by atoms with Gasteiger partial charge < -0.3 is 11.9 Å². The third kappa shape index (κ3) is 1.45. The molecule has 0 aromatic carbocycles. The van der Waals surface area contributed by atoms with Crippen LogP contribution in [0.25, 0.3) is 0 Å². The molecule has 0 atom stereocenters. The maximum atomic E-state index is 5.62. The Morgan fingerprint density at radius 3 is 2.40 bits per heavy atom. The molecule has 0 bridgehead atoms. The van der Waals surface area contributed by atoms with E-state index < -0.39 is 0 Å². The van der Waals surface area contributed by atoms with Crippen LogP contribution < -0.4 is 11.9 Å². The number of hydrogen-bond acceptors (Lipinski definition) is 3. The molecule has 0 aliphatic carbocycles. The van der Waals surface area contributed by atoms with Crippen LogP contribution in [0.4, 0.5) is 5.69 Å². The van der Waals surface area contributed by atoms with E-state index in [4.69, 9.17) is 5.73 Å². The van der Waals surface area contributed by atoms with Gasteiger partial charge in [0.1, 0.15) is 0 Å². The Morgan fingerprint density at radius 2 is 2.00 bits per heavy atom. The molecular formula is C7H13N3. The first kappa shape index (κ1) is 8.91. The van der Waals surface area contributed by atoms with Crippen molar-refractivity contribution in [3.63, 3.8) is 0 Å². The van der Waals surface area contributed by atoms with Crippen LogP contribution in [0.15, 0.2) is 12.3 Å². The van der Waals surface area contributed by atoms with E-state index in [1.54, 1.807) is 6.20 Å². The van der Waals surface area contributed by atoms with Gasteiger partial charge in [0.15, 0.2) is 0 Å². The highest BCUT2D eigenvalue weighted by molar-refractivity contribution is 5.48. The van der Waals surface area contributed by atoms with Crippen molar-refractivity contribution < 1.29 is 0 Å². The van der Waals surface area contributed by atoms with Gasteiger partial charge in [-0.3, -0.25) is 4.98 Å². The van der Waals surface area contributed by atoms with Gasteiger partial charge in [0.25, 0.3) is 0 Å². The van der Waals surface area contributed by atoms with Gasteiger partial charge in [-0.05, 0) is 25.5 Å². The van der Waals surface area contributed by atoms with Crippen LogP contribution in [0.2, 0.25) is 0 Å². The lowest BCUT2D eigenvalue weighted by molar-refractivity contribution is 1.18. The third-order valence-electron chi connectivity index (χ3n) is 1.41. The van der Waals surface area contributed by atoms with E-state index in [9.17, 15) is 0 Å². The number of anilines is 1. The first-order chi connectivity index (χ1) is 4.22. The SMILES string of the molecule is Cc1ccnc(C)c1N.N. The van der Waals surface area contributed by atoms with E-state index in [1.807, 2.05) is 19.9 Å². The molecule has 0 fully saturated rings. The van der Waals surface area contributed by atoms with Crippen molar-refractivity contribution in [2.75, 3.05) is 5.73 Å². The third-order valence-corrected chi connectivity index (χ3v) is 1.41.